The zero-order valence-corrected chi connectivity index (χ0v) is 12.9. The minimum absolute atomic E-state index is 0.0347. The number of amides is 1. The fourth-order valence-electron chi connectivity index (χ4n) is 1.52. The molecule has 0 saturated heterocycles. The minimum atomic E-state index is -0.373. The van der Waals surface area contributed by atoms with E-state index in [9.17, 15) is 4.79 Å². The highest BCUT2D eigenvalue weighted by Gasteiger charge is 2.26. The van der Waals surface area contributed by atoms with Crippen molar-refractivity contribution in [3.05, 3.63) is 26.7 Å². The molecule has 3 nitrogen and oxygen atoms in total. The molecule has 6 heteroatoms. The first kappa shape index (κ1) is 14.0. The number of carbonyl (C=O) groups excluding carboxylic acids is 1. The Kier molecular flexibility index (Phi) is 4.41. The van der Waals surface area contributed by atoms with Crippen molar-refractivity contribution < 1.29 is 4.79 Å². The highest BCUT2D eigenvalue weighted by molar-refractivity contribution is 9.10. The number of halogens is 3. The van der Waals surface area contributed by atoms with E-state index in [1.807, 2.05) is 0 Å². The van der Waals surface area contributed by atoms with Gasteiger partial charge in [-0.1, -0.05) is 39.1 Å². The molecular formula is C12H13BrCl2N2O. The van der Waals surface area contributed by atoms with E-state index >= 15 is 0 Å². The normalized spacial score (nSPS) is 16.2. The predicted octanol–water partition coefficient (Wildman–Crippen LogP) is 3.83. The van der Waals surface area contributed by atoms with Crippen molar-refractivity contribution in [3.63, 3.8) is 0 Å². The Morgan fingerprint density at radius 2 is 1.94 bits per heavy atom. The molecule has 1 aliphatic rings. The van der Waals surface area contributed by atoms with Crippen LogP contribution in [0, 0.1) is 0 Å². The Morgan fingerprint density at radius 1 is 1.39 bits per heavy atom. The second-order valence-electron chi connectivity index (χ2n) is 4.39. The summed E-state index contributed by atoms with van der Waals surface area (Å²) in [5.41, 5.74) is 0.583. The van der Waals surface area contributed by atoms with Gasteiger partial charge in [0.15, 0.2) is 0 Å². The maximum absolute atomic E-state index is 11.8. The van der Waals surface area contributed by atoms with E-state index in [1.54, 1.807) is 19.1 Å². The maximum atomic E-state index is 11.8. The zero-order valence-electron chi connectivity index (χ0n) is 9.77. The van der Waals surface area contributed by atoms with E-state index < -0.39 is 0 Å². The molecule has 0 spiro atoms. The summed E-state index contributed by atoms with van der Waals surface area (Å²) in [5.74, 6) is -0.0347. The Hall–Kier alpha value is -0.450. The lowest BCUT2D eigenvalue weighted by Crippen LogP contribution is -2.38. The maximum Gasteiger partial charge on any atom is 0.242 e. The average Bonchev–Trinajstić information content (AvgIpc) is 3.06. The van der Waals surface area contributed by atoms with Crippen LogP contribution in [-0.2, 0) is 4.79 Å². The molecular weight excluding hydrogens is 339 g/mol. The quantitative estimate of drug-likeness (QED) is 0.865. The summed E-state index contributed by atoms with van der Waals surface area (Å²) < 4.78 is 0.804. The lowest BCUT2D eigenvalue weighted by atomic mass is 10.2. The van der Waals surface area contributed by atoms with Crippen LogP contribution in [0.5, 0.6) is 0 Å². The molecule has 1 fully saturated rings. The van der Waals surface area contributed by atoms with Gasteiger partial charge < -0.3 is 10.6 Å². The van der Waals surface area contributed by atoms with Gasteiger partial charge in [0.1, 0.15) is 6.04 Å². The van der Waals surface area contributed by atoms with Crippen molar-refractivity contribution in [2.45, 2.75) is 31.8 Å². The first-order valence-electron chi connectivity index (χ1n) is 5.69. The molecule has 1 aromatic rings. The fraction of sp³-hybridized carbons (Fsp3) is 0.417. The molecule has 1 atom stereocenters. The number of hydrogen-bond donors (Lipinski definition) is 2. The molecule has 1 aliphatic carbocycles. The number of nitrogens with one attached hydrogen (secondary N) is 2. The number of hydrogen-bond acceptors (Lipinski definition) is 2. The summed E-state index contributed by atoms with van der Waals surface area (Å²) in [6.07, 6.45) is 2.14. The molecule has 1 aromatic carbocycles. The van der Waals surface area contributed by atoms with Gasteiger partial charge in [0, 0.05) is 10.5 Å². The highest BCUT2D eigenvalue weighted by atomic mass is 79.9. The molecule has 98 valence electrons. The SMILES string of the molecule is CC(Nc1c(Cl)cc(Br)cc1Cl)C(=O)NC1CC1. The Morgan fingerprint density at radius 3 is 2.44 bits per heavy atom. The van der Waals surface area contributed by atoms with Gasteiger partial charge in [-0.3, -0.25) is 4.79 Å². The van der Waals surface area contributed by atoms with Crippen molar-refractivity contribution in [3.8, 4) is 0 Å². The fourth-order valence-corrected chi connectivity index (χ4v) is 2.83. The Labute approximate surface area is 124 Å². The summed E-state index contributed by atoms with van der Waals surface area (Å²) in [4.78, 5) is 11.8. The van der Waals surface area contributed by atoms with Crippen molar-refractivity contribution in [2.24, 2.45) is 0 Å². The lowest BCUT2D eigenvalue weighted by molar-refractivity contribution is -0.121. The van der Waals surface area contributed by atoms with Gasteiger partial charge in [-0.25, -0.2) is 0 Å². The van der Waals surface area contributed by atoms with Crippen LogP contribution in [0.2, 0.25) is 10.0 Å². The van der Waals surface area contributed by atoms with E-state index in [2.05, 4.69) is 26.6 Å². The third-order valence-electron chi connectivity index (χ3n) is 2.68. The molecule has 0 radical (unpaired) electrons. The van der Waals surface area contributed by atoms with E-state index in [0.29, 0.717) is 21.8 Å². The average molecular weight is 352 g/mol. The smallest absolute Gasteiger partial charge is 0.242 e. The van der Waals surface area contributed by atoms with Crippen LogP contribution >= 0.6 is 39.1 Å². The lowest BCUT2D eigenvalue weighted by Gasteiger charge is -2.17. The van der Waals surface area contributed by atoms with Crippen LogP contribution in [0.1, 0.15) is 19.8 Å². The Bertz CT molecular complexity index is 454. The van der Waals surface area contributed by atoms with Crippen molar-refractivity contribution in [2.75, 3.05) is 5.32 Å². The third-order valence-corrected chi connectivity index (χ3v) is 3.74. The molecule has 2 N–H and O–H groups in total. The molecule has 1 unspecified atom stereocenters. The number of benzene rings is 1. The van der Waals surface area contributed by atoms with E-state index in [-0.39, 0.29) is 11.9 Å². The van der Waals surface area contributed by atoms with E-state index in [4.69, 9.17) is 23.2 Å². The molecule has 2 rings (SSSR count). The molecule has 0 aromatic heterocycles. The van der Waals surface area contributed by atoms with E-state index in [0.717, 1.165) is 17.3 Å². The van der Waals surface area contributed by atoms with Gasteiger partial charge in [-0.05, 0) is 31.9 Å². The summed E-state index contributed by atoms with van der Waals surface area (Å²) in [5, 5.41) is 6.94. The number of carbonyl (C=O) groups is 1. The van der Waals surface area contributed by atoms with Crippen LogP contribution in [0.4, 0.5) is 5.69 Å². The van der Waals surface area contributed by atoms with E-state index in [1.165, 1.54) is 0 Å². The first-order chi connectivity index (χ1) is 8.47. The summed E-state index contributed by atoms with van der Waals surface area (Å²) >= 11 is 15.5. The summed E-state index contributed by atoms with van der Waals surface area (Å²) in [6.45, 7) is 1.78. The summed E-state index contributed by atoms with van der Waals surface area (Å²) in [7, 11) is 0. The van der Waals surface area contributed by atoms with Crippen LogP contribution in [0.3, 0.4) is 0 Å². The van der Waals surface area contributed by atoms with Crippen LogP contribution in [0.25, 0.3) is 0 Å². The molecule has 0 bridgehead atoms. The highest BCUT2D eigenvalue weighted by Crippen LogP contribution is 2.34. The van der Waals surface area contributed by atoms with Gasteiger partial charge >= 0.3 is 0 Å². The second kappa shape index (κ2) is 5.68. The van der Waals surface area contributed by atoms with Crippen molar-refractivity contribution >= 4 is 50.7 Å². The molecule has 18 heavy (non-hydrogen) atoms. The molecule has 1 saturated carbocycles. The minimum Gasteiger partial charge on any atom is -0.371 e. The zero-order chi connectivity index (χ0) is 13.3. The number of rotatable bonds is 4. The third kappa shape index (κ3) is 3.53. The van der Waals surface area contributed by atoms with Crippen molar-refractivity contribution in [1.29, 1.82) is 0 Å². The standard InChI is InChI=1S/C12H13BrCl2N2O/c1-6(12(18)17-8-2-3-8)16-11-9(14)4-7(13)5-10(11)15/h4-6,8,16H,2-3H2,1H3,(H,17,18). The number of anilines is 1. The van der Waals surface area contributed by atoms with Crippen LogP contribution < -0.4 is 10.6 Å². The molecule has 1 amide bonds. The second-order valence-corrected chi connectivity index (χ2v) is 6.12. The van der Waals surface area contributed by atoms with Gasteiger partial charge in [-0.15, -0.1) is 0 Å². The first-order valence-corrected chi connectivity index (χ1v) is 7.23. The largest absolute Gasteiger partial charge is 0.371 e. The molecule has 0 heterocycles. The summed E-state index contributed by atoms with van der Waals surface area (Å²) in [6, 6.07) is 3.45. The molecule has 0 aliphatic heterocycles. The monoisotopic (exact) mass is 350 g/mol. The predicted molar refractivity (Wildman–Crippen MR) is 78.4 cm³/mol. The van der Waals surface area contributed by atoms with Gasteiger partial charge in [-0.2, -0.15) is 0 Å². The van der Waals surface area contributed by atoms with Crippen LogP contribution in [-0.4, -0.2) is 18.0 Å². The topological polar surface area (TPSA) is 41.1 Å². The van der Waals surface area contributed by atoms with Gasteiger partial charge in [0.2, 0.25) is 5.91 Å². The Balaban J connectivity index is 2.05. The van der Waals surface area contributed by atoms with Crippen molar-refractivity contribution in [1.82, 2.24) is 5.32 Å². The van der Waals surface area contributed by atoms with Gasteiger partial charge in [0.05, 0.1) is 15.7 Å². The van der Waals surface area contributed by atoms with Gasteiger partial charge in [0.25, 0.3) is 0 Å². The van der Waals surface area contributed by atoms with Crippen LogP contribution in [0.15, 0.2) is 16.6 Å².